The minimum absolute atomic E-state index is 0.0153. The van der Waals surface area contributed by atoms with E-state index in [2.05, 4.69) is 20.9 Å². The number of anilines is 1. The van der Waals surface area contributed by atoms with Gasteiger partial charge in [-0.1, -0.05) is 12.1 Å². The minimum atomic E-state index is -0.400. The van der Waals surface area contributed by atoms with Crippen molar-refractivity contribution in [3.05, 3.63) is 53.8 Å². The Morgan fingerprint density at radius 2 is 1.87 bits per heavy atom. The van der Waals surface area contributed by atoms with Crippen molar-refractivity contribution < 1.29 is 23.5 Å². The average Bonchev–Trinajstić information content (AvgIpc) is 3.21. The summed E-state index contributed by atoms with van der Waals surface area (Å²) in [5, 5.41) is 8.47. The smallest absolute Gasteiger partial charge is 0.319 e. The molecule has 2 aliphatic rings. The number of nitrogens with zero attached hydrogens (tertiary/aromatic N) is 1. The first-order chi connectivity index (χ1) is 15.0. The normalized spacial score (nSPS) is 16.0. The van der Waals surface area contributed by atoms with Crippen LogP contribution in [0.25, 0.3) is 0 Å². The standard InChI is InChI=1S/C22H25FN4O4/c23-16-2-1-3-18(11-16)26-22(29)25-17-6-8-27(9-7-17)13-21(28)24-12-15-4-5-19-20(10-15)31-14-30-19/h1-5,10-11,17H,6-9,12-14H2,(H,24,28)(H2,25,26,29). The SMILES string of the molecule is O=C(CN1CCC(NC(=O)Nc2cccc(F)c2)CC1)NCc1ccc2c(c1)OCO2. The molecule has 4 rings (SSSR count). The highest BCUT2D eigenvalue weighted by molar-refractivity contribution is 5.89. The van der Waals surface area contributed by atoms with Gasteiger partial charge in [-0.3, -0.25) is 9.69 Å². The molecule has 31 heavy (non-hydrogen) atoms. The highest BCUT2D eigenvalue weighted by Crippen LogP contribution is 2.32. The van der Waals surface area contributed by atoms with Gasteiger partial charge in [0.25, 0.3) is 0 Å². The molecule has 0 radical (unpaired) electrons. The van der Waals surface area contributed by atoms with E-state index in [9.17, 15) is 14.0 Å². The first-order valence-electron chi connectivity index (χ1n) is 10.3. The van der Waals surface area contributed by atoms with E-state index < -0.39 is 5.82 Å². The van der Waals surface area contributed by atoms with Gasteiger partial charge in [-0.25, -0.2) is 9.18 Å². The van der Waals surface area contributed by atoms with Crippen LogP contribution in [0.2, 0.25) is 0 Å². The molecule has 1 saturated heterocycles. The van der Waals surface area contributed by atoms with Crippen molar-refractivity contribution in [1.82, 2.24) is 15.5 Å². The summed E-state index contributed by atoms with van der Waals surface area (Å²) in [5.41, 5.74) is 1.36. The summed E-state index contributed by atoms with van der Waals surface area (Å²) in [6, 6.07) is 11.0. The van der Waals surface area contributed by atoms with Crippen LogP contribution in [0.4, 0.5) is 14.9 Å². The third-order valence-corrected chi connectivity index (χ3v) is 5.30. The Hall–Kier alpha value is -3.33. The second-order valence-corrected chi connectivity index (χ2v) is 7.62. The third-order valence-electron chi connectivity index (χ3n) is 5.30. The molecule has 1 fully saturated rings. The quantitative estimate of drug-likeness (QED) is 0.658. The van der Waals surface area contributed by atoms with Crippen molar-refractivity contribution in [2.75, 3.05) is 31.7 Å². The molecular formula is C22H25FN4O4. The maximum absolute atomic E-state index is 13.2. The summed E-state index contributed by atoms with van der Waals surface area (Å²) < 4.78 is 23.8. The zero-order valence-corrected chi connectivity index (χ0v) is 17.0. The lowest BCUT2D eigenvalue weighted by Gasteiger charge is -2.31. The van der Waals surface area contributed by atoms with E-state index >= 15 is 0 Å². The van der Waals surface area contributed by atoms with Gasteiger partial charge < -0.3 is 25.4 Å². The molecule has 3 amide bonds. The Labute approximate surface area is 179 Å². The number of amides is 3. The van der Waals surface area contributed by atoms with Crippen LogP contribution in [0, 0.1) is 5.82 Å². The van der Waals surface area contributed by atoms with E-state index in [4.69, 9.17) is 9.47 Å². The Balaban J connectivity index is 1.15. The summed E-state index contributed by atoms with van der Waals surface area (Å²) >= 11 is 0. The van der Waals surface area contributed by atoms with Crippen molar-refractivity contribution in [3.8, 4) is 11.5 Å². The Bertz CT molecular complexity index is 947. The number of fused-ring (bicyclic) bond motifs is 1. The predicted molar refractivity (Wildman–Crippen MR) is 112 cm³/mol. The van der Waals surface area contributed by atoms with E-state index in [0.29, 0.717) is 37.6 Å². The Morgan fingerprint density at radius 1 is 1.06 bits per heavy atom. The first-order valence-corrected chi connectivity index (χ1v) is 10.3. The van der Waals surface area contributed by atoms with E-state index in [1.54, 1.807) is 12.1 Å². The van der Waals surface area contributed by atoms with Gasteiger partial charge in [-0.2, -0.15) is 0 Å². The molecule has 2 heterocycles. The fourth-order valence-electron chi connectivity index (χ4n) is 3.66. The van der Waals surface area contributed by atoms with Gasteiger partial charge in [-0.15, -0.1) is 0 Å². The number of rotatable bonds is 6. The van der Waals surface area contributed by atoms with Crippen LogP contribution < -0.4 is 25.4 Å². The molecule has 2 aromatic carbocycles. The number of likely N-dealkylation sites (tertiary alicyclic amines) is 1. The third kappa shape index (κ3) is 5.85. The zero-order chi connectivity index (χ0) is 21.6. The number of carbonyl (C=O) groups is 2. The van der Waals surface area contributed by atoms with Crippen molar-refractivity contribution in [1.29, 1.82) is 0 Å². The molecule has 2 aliphatic heterocycles. The summed E-state index contributed by atoms with van der Waals surface area (Å²) in [4.78, 5) is 26.5. The largest absolute Gasteiger partial charge is 0.454 e. The summed E-state index contributed by atoms with van der Waals surface area (Å²) in [6.07, 6.45) is 1.48. The van der Waals surface area contributed by atoms with Gasteiger partial charge in [0.2, 0.25) is 12.7 Å². The molecule has 0 saturated carbocycles. The monoisotopic (exact) mass is 428 g/mol. The molecule has 2 aromatic rings. The van der Waals surface area contributed by atoms with E-state index in [1.165, 1.54) is 12.1 Å². The molecule has 0 atom stereocenters. The molecule has 0 bridgehead atoms. The van der Waals surface area contributed by atoms with Gasteiger partial charge in [0.05, 0.1) is 6.54 Å². The summed E-state index contributed by atoms with van der Waals surface area (Å²) in [5.74, 6) is 0.967. The van der Waals surface area contributed by atoms with E-state index in [0.717, 1.165) is 24.2 Å². The van der Waals surface area contributed by atoms with E-state index in [1.807, 2.05) is 18.2 Å². The molecular weight excluding hydrogens is 403 g/mol. The molecule has 0 aliphatic carbocycles. The van der Waals surface area contributed by atoms with Crippen LogP contribution in [0.15, 0.2) is 42.5 Å². The summed E-state index contributed by atoms with van der Waals surface area (Å²) in [7, 11) is 0. The molecule has 0 spiro atoms. The lowest BCUT2D eigenvalue weighted by molar-refractivity contribution is -0.122. The topological polar surface area (TPSA) is 91.9 Å². The predicted octanol–water partition coefficient (Wildman–Crippen LogP) is 2.46. The van der Waals surface area contributed by atoms with E-state index in [-0.39, 0.29) is 24.8 Å². The molecule has 9 heteroatoms. The maximum Gasteiger partial charge on any atom is 0.319 e. The molecule has 3 N–H and O–H groups in total. The number of carbonyl (C=O) groups excluding carboxylic acids is 2. The number of hydrogen-bond donors (Lipinski definition) is 3. The first kappa shape index (κ1) is 20.9. The zero-order valence-electron chi connectivity index (χ0n) is 17.0. The van der Waals surface area contributed by atoms with Crippen LogP contribution >= 0.6 is 0 Å². The molecule has 0 aromatic heterocycles. The van der Waals surface area contributed by atoms with Gasteiger partial charge in [-0.05, 0) is 48.7 Å². The average molecular weight is 428 g/mol. The van der Waals surface area contributed by atoms with Gasteiger partial charge in [0.1, 0.15) is 5.82 Å². The highest BCUT2D eigenvalue weighted by atomic mass is 19.1. The second-order valence-electron chi connectivity index (χ2n) is 7.62. The number of hydrogen-bond acceptors (Lipinski definition) is 5. The Kier molecular flexibility index (Phi) is 6.51. The number of benzene rings is 2. The van der Waals surface area contributed by atoms with Crippen molar-refractivity contribution in [3.63, 3.8) is 0 Å². The molecule has 164 valence electrons. The molecule has 0 unspecified atom stereocenters. The number of ether oxygens (including phenoxy) is 2. The van der Waals surface area contributed by atoms with Crippen LogP contribution in [-0.2, 0) is 11.3 Å². The highest BCUT2D eigenvalue weighted by Gasteiger charge is 2.22. The number of piperidine rings is 1. The fraction of sp³-hybridized carbons (Fsp3) is 0.364. The van der Waals surface area contributed by atoms with Crippen LogP contribution in [0.3, 0.4) is 0 Å². The second kappa shape index (κ2) is 9.65. The minimum Gasteiger partial charge on any atom is -0.454 e. The number of nitrogens with one attached hydrogen (secondary N) is 3. The van der Waals surface area contributed by atoms with Gasteiger partial charge >= 0.3 is 6.03 Å². The van der Waals surface area contributed by atoms with Crippen molar-refractivity contribution in [2.45, 2.75) is 25.4 Å². The lowest BCUT2D eigenvalue weighted by atomic mass is 10.1. The number of halogens is 1. The number of urea groups is 1. The van der Waals surface area contributed by atoms with Gasteiger partial charge in [0, 0.05) is 31.4 Å². The van der Waals surface area contributed by atoms with Crippen molar-refractivity contribution >= 4 is 17.6 Å². The van der Waals surface area contributed by atoms with Crippen LogP contribution in [-0.4, -0.2) is 49.3 Å². The Morgan fingerprint density at radius 3 is 2.68 bits per heavy atom. The maximum atomic E-state index is 13.2. The molecule has 8 nitrogen and oxygen atoms in total. The lowest BCUT2D eigenvalue weighted by Crippen LogP contribution is -2.48. The fourth-order valence-corrected chi connectivity index (χ4v) is 3.66. The van der Waals surface area contributed by atoms with Gasteiger partial charge in [0.15, 0.2) is 11.5 Å². The summed E-state index contributed by atoms with van der Waals surface area (Å²) in [6.45, 7) is 2.38. The van der Waals surface area contributed by atoms with Crippen LogP contribution in [0.5, 0.6) is 11.5 Å². The van der Waals surface area contributed by atoms with Crippen molar-refractivity contribution in [2.24, 2.45) is 0 Å². The van der Waals surface area contributed by atoms with Crippen LogP contribution in [0.1, 0.15) is 18.4 Å².